The Morgan fingerprint density at radius 2 is 2.11 bits per heavy atom. The molecule has 0 bridgehead atoms. The van der Waals surface area contributed by atoms with Crippen LogP contribution in [0.1, 0.15) is 24.2 Å². The SMILES string of the molecule is Cc1ccc(NC(C)c2ccccn2)c([N+](=O)[O-])c1. The lowest BCUT2D eigenvalue weighted by Gasteiger charge is -2.14. The molecule has 2 aromatic rings. The Bertz CT molecular complexity index is 584. The third-order valence-electron chi connectivity index (χ3n) is 2.85. The standard InChI is InChI=1S/C14H15N3O2/c1-10-6-7-13(14(9-10)17(18)19)16-11(2)12-5-3-4-8-15-12/h3-9,11,16H,1-2H3. The minimum atomic E-state index is -0.375. The van der Waals surface area contributed by atoms with Gasteiger partial charge in [0.15, 0.2) is 0 Å². The Hall–Kier alpha value is -2.43. The smallest absolute Gasteiger partial charge is 0.292 e. The summed E-state index contributed by atoms with van der Waals surface area (Å²) in [5, 5.41) is 14.2. The van der Waals surface area contributed by atoms with Crippen LogP contribution in [0.3, 0.4) is 0 Å². The summed E-state index contributed by atoms with van der Waals surface area (Å²) in [5.41, 5.74) is 2.30. The van der Waals surface area contributed by atoms with Gasteiger partial charge in [-0.15, -0.1) is 0 Å². The Kier molecular flexibility index (Phi) is 3.75. The molecule has 0 aliphatic carbocycles. The highest BCUT2D eigenvalue weighted by Crippen LogP contribution is 2.28. The molecule has 0 aliphatic heterocycles. The lowest BCUT2D eigenvalue weighted by atomic mass is 10.1. The zero-order chi connectivity index (χ0) is 13.8. The summed E-state index contributed by atoms with van der Waals surface area (Å²) >= 11 is 0. The summed E-state index contributed by atoms with van der Waals surface area (Å²) < 4.78 is 0. The van der Waals surface area contributed by atoms with Gasteiger partial charge >= 0.3 is 0 Å². The molecular weight excluding hydrogens is 242 g/mol. The average Bonchev–Trinajstić information content (AvgIpc) is 2.41. The second kappa shape index (κ2) is 5.48. The summed E-state index contributed by atoms with van der Waals surface area (Å²) in [6.07, 6.45) is 1.71. The van der Waals surface area contributed by atoms with Gasteiger partial charge in [0, 0.05) is 12.3 Å². The Morgan fingerprint density at radius 1 is 1.32 bits per heavy atom. The van der Waals surface area contributed by atoms with Gasteiger partial charge in [-0.25, -0.2) is 0 Å². The van der Waals surface area contributed by atoms with E-state index >= 15 is 0 Å². The van der Waals surface area contributed by atoms with Crippen LogP contribution in [0.5, 0.6) is 0 Å². The van der Waals surface area contributed by atoms with Crippen molar-refractivity contribution in [3.63, 3.8) is 0 Å². The van der Waals surface area contributed by atoms with Crippen LogP contribution in [0, 0.1) is 17.0 Å². The number of aryl methyl sites for hydroxylation is 1. The number of rotatable bonds is 4. The number of hydrogen-bond donors (Lipinski definition) is 1. The molecule has 0 amide bonds. The van der Waals surface area contributed by atoms with Crippen molar-refractivity contribution in [3.8, 4) is 0 Å². The molecule has 0 fully saturated rings. The van der Waals surface area contributed by atoms with Gasteiger partial charge in [0.25, 0.3) is 5.69 Å². The molecule has 19 heavy (non-hydrogen) atoms. The van der Waals surface area contributed by atoms with Crippen LogP contribution in [0.25, 0.3) is 0 Å². The van der Waals surface area contributed by atoms with Crippen molar-refractivity contribution in [3.05, 3.63) is 64.0 Å². The van der Waals surface area contributed by atoms with E-state index in [9.17, 15) is 10.1 Å². The highest BCUT2D eigenvalue weighted by atomic mass is 16.6. The summed E-state index contributed by atoms with van der Waals surface area (Å²) in [6.45, 7) is 3.75. The molecule has 0 saturated carbocycles. The third-order valence-corrected chi connectivity index (χ3v) is 2.85. The average molecular weight is 257 g/mol. The first-order valence-electron chi connectivity index (χ1n) is 6.00. The minimum Gasteiger partial charge on any atom is -0.371 e. The fourth-order valence-corrected chi connectivity index (χ4v) is 1.85. The van der Waals surface area contributed by atoms with E-state index in [0.717, 1.165) is 11.3 Å². The van der Waals surface area contributed by atoms with Crippen LogP contribution < -0.4 is 5.32 Å². The normalized spacial score (nSPS) is 11.9. The topological polar surface area (TPSA) is 68.1 Å². The number of hydrogen-bond acceptors (Lipinski definition) is 4. The highest BCUT2D eigenvalue weighted by Gasteiger charge is 2.16. The maximum atomic E-state index is 11.0. The Labute approximate surface area is 111 Å². The summed E-state index contributed by atoms with van der Waals surface area (Å²) in [5.74, 6) is 0. The fraction of sp³-hybridized carbons (Fsp3) is 0.214. The minimum absolute atomic E-state index is 0.0859. The number of aromatic nitrogens is 1. The molecule has 1 aromatic carbocycles. The molecule has 0 aliphatic rings. The van der Waals surface area contributed by atoms with Crippen molar-refractivity contribution in [1.82, 2.24) is 4.98 Å². The maximum Gasteiger partial charge on any atom is 0.292 e. The predicted molar refractivity (Wildman–Crippen MR) is 74.1 cm³/mol. The molecule has 1 aromatic heterocycles. The van der Waals surface area contributed by atoms with E-state index in [4.69, 9.17) is 0 Å². The molecule has 1 unspecified atom stereocenters. The Morgan fingerprint density at radius 3 is 2.74 bits per heavy atom. The van der Waals surface area contributed by atoms with Crippen molar-refractivity contribution >= 4 is 11.4 Å². The number of pyridine rings is 1. The molecule has 0 spiro atoms. The van der Waals surface area contributed by atoms with E-state index in [0.29, 0.717) is 5.69 Å². The van der Waals surface area contributed by atoms with Crippen molar-refractivity contribution < 1.29 is 4.92 Å². The number of nitro benzene ring substituents is 1. The number of nitrogens with one attached hydrogen (secondary N) is 1. The first-order chi connectivity index (χ1) is 9.08. The van der Waals surface area contributed by atoms with E-state index in [1.54, 1.807) is 18.3 Å². The maximum absolute atomic E-state index is 11.0. The van der Waals surface area contributed by atoms with E-state index in [1.165, 1.54) is 0 Å². The monoisotopic (exact) mass is 257 g/mol. The molecule has 98 valence electrons. The van der Waals surface area contributed by atoms with Crippen LogP contribution in [0.4, 0.5) is 11.4 Å². The van der Waals surface area contributed by atoms with E-state index in [2.05, 4.69) is 10.3 Å². The van der Waals surface area contributed by atoms with Crippen molar-refractivity contribution in [2.24, 2.45) is 0 Å². The lowest BCUT2D eigenvalue weighted by Crippen LogP contribution is -2.09. The van der Waals surface area contributed by atoms with Crippen molar-refractivity contribution in [2.75, 3.05) is 5.32 Å². The van der Waals surface area contributed by atoms with Gasteiger partial charge in [-0.3, -0.25) is 15.1 Å². The van der Waals surface area contributed by atoms with Gasteiger partial charge in [-0.05, 0) is 37.6 Å². The van der Waals surface area contributed by atoms with Crippen LogP contribution in [-0.4, -0.2) is 9.91 Å². The number of nitrogens with zero attached hydrogens (tertiary/aromatic N) is 2. The first kappa shape index (κ1) is 13.0. The van der Waals surface area contributed by atoms with Gasteiger partial charge in [-0.2, -0.15) is 0 Å². The molecule has 0 saturated heterocycles. The predicted octanol–water partition coefficient (Wildman–Crippen LogP) is 3.47. The molecule has 2 rings (SSSR count). The van der Waals surface area contributed by atoms with Gasteiger partial charge < -0.3 is 5.32 Å². The van der Waals surface area contributed by atoms with Gasteiger partial charge in [-0.1, -0.05) is 12.1 Å². The zero-order valence-corrected chi connectivity index (χ0v) is 10.8. The number of benzene rings is 1. The molecule has 1 N–H and O–H groups in total. The third kappa shape index (κ3) is 3.07. The number of nitro groups is 1. The zero-order valence-electron chi connectivity index (χ0n) is 10.8. The molecule has 5 heteroatoms. The molecule has 1 atom stereocenters. The van der Waals surface area contributed by atoms with Gasteiger partial charge in [0.2, 0.25) is 0 Å². The van der Waals surface area contributed by atoms with E-state index < -0.39 is 0 Å². The fourth-order valence-electron chi connectivity index (χ4n) is 1.85. The summed E-state index contributed by atoms with van der Waals surface area (Å²) in [6, 6.07) is 10.7. The van der Waals surface area contributed by atoms with Crippen LogP contribution >= 0.6 is 0 Å². The van der Waals surface area contributed by atoms with Crippen LogP contribution in [0.2, 0.25) is 0 Å². The largest absolute Gasteiger partial charge is 0.371 e. The van der Waals surface area contributed by atoms with Crippen molar-refractivity contribution in [2.45, 2.75) is 19.9 Å². The van der Waals surface area contributed by atoms with Crippen molar-refractivity contribution in [1.29, 1.82) is 0 Å². The van der Waals surface area contributed by atoms with Gasteiger partial charge in [0.05, 0.1) is 16.7 Å². The quantitative estimate of drug-likeness (QED) is 0.672. The molecule has 0 radical (unpaired) electrons. The lowest BCUT2D eigenvalue weighted by molar-refractivity contribution is -0.384. The van der Waals surface area contributed by atoms with E-state index in [1.807, 2.05) is 38.1 Å². The van der Waals surface area contributed by atoms with Gasteiger partial charge in [0.1, 0.15) is 5.69 Å². The van der Waals surface area contributed by atoms with E-state index in [-0.39, 0.29) is 16.7 Å². The summed E-state index contributed by atoms with van der Waals surface area (Å²) in [4.78, 5) is 14.9. The highest BCUT2D eigenvalue weighted by molar-refractivity contribution is 5.63. The Balaban J connectivity index is 2.26. The second-order valence-corrected chi connectivity index (χ2v) is 4.40. The van der Waals surface area contributed by atoms with Crippen LogP contribution in [-0.2, 0) is 0 Å². The second-order valence-electron chi connectivity index (χ2n) is 4.40. The molecule has 5 nitrogen and oxygen atoms in total. The number of anilines is 1. The molecule has 1 heterocycles. The first-order valence-corrected chi connectivity index (χ1v) is 6.00. The molecular formula is C14H15N3O2. The van der Waals surface area contributed by atoms with Crippen LogP contribution in [0.15, 0.2) is 42.6 Å². The summed E-state index contributed by atoms with van der Waals surface area (Å²) in [7, 11) is 0.